The Kier molecular flexibility index (Phi) is 6.16. The van der Waals surface area contributed by atoms with Crippen molar-refractivity contribution in [3.05, 3.63) is 48.4 Å². The van der Waals surface area contributed by atoms with E-state index in [1.165, 1.54) is 6.26 Å². The molecule has 1 aromatic carbocycles. The van der Waals surface area contributed by atoms with Gasteiger partial charge in [-0.1, -0.05) is 0 Å². The van der Waals surface area contributed by atoms with Crippen LogP contribution in [0.5, 0.6) is 5.75 Å². The largest absolute Gasteiger partial charge is 0.497 e. The van der Waals surface area contributed by atoms with Crippen LogP contribution in [0, 0.1) is 0 Å². The standard InChI is InChI=1S/C16H20NO5P/c1-4-21-23(18,22-5-2)16(15-7-6-12-20-15)17-13-8-10-14(19-3)11-9-13/h6-12H,4-5H2,1-3H3. The van der Waals surface area contributed by atoms with Gasteiger partial charge in [-0.25, -0.2) is 4.99 Å². The van der Waals surface area contributed by atoms with E-state index in [9.17, 15) is 4.57 Å². The summed E-state index contributed by atoms with van der Waals surface area (Å²) in [5, 5.41) is 0. The minimum atomic E-state index is -3.58. The fourth-order valence-electron chi connectivity index (χ4n) is 1.94. The summed E-state index contributed by atoms with van der Waals surface area (Å²) in [5.74, 6) is 1.06. The lowest BCUT2D eigenvalue weighted by molar-refractivity contribution is 0.232. The molecule has 2 rings (SSSR count). The second kappa shape index (κ2) is 8.11. The SMILES string of the molecule is CCOP(=O)(OCC)C(=Nc1ccc(OC)cc1)c1ccco1. The molecule has 0 aliphatic heterocycles. The molecule has 0 atom stereocenters. The lowest BCUT2D eigenvalue weighted by atomic mass is 10.3. The smallest absolute Gasteiger partial charge is 0.383 e. The van der Waals surface area contributed by atoms with Crippen LogP contribution in [0.3, 0.4) is 0 Å². The number of aliphatic imine (C=N–C) groups is 1. The molecular formula is C16H20NO5P. The van der Waals surface area contributed by atoms with Crippen LogP contribution in [0.1, 0.15) is 19.6 Å². The number of methoxy groups -OCH3 is 1. The van der Waals surface area contributed by atoms with Crippen LogP contribution in [0.25, 0.3) is 0 Å². The monoisotopic (exact) mass is 337 g/mol. The summed E-state index contributed by atoms with van der Waals surface area (Å²) in [4.78, 5) is 4.44. The van der Waals surface area contributed by atoms with Crippen LogP contribution >= 0.6 is 7.60 Å². The van der Waals surface area contributed by atoms with E-state index in [4.69, 9.17) is 18.2 Å². The van der Waals surface area contributed by atoms with Gasteiger partial charge in [0.05, 0.1) is 32.3 Å². The van der Waals surface area contributed by atoms with Crippen molar-refractivity contribution in [3.8, 4) is 5.75 Å². The van der Waals surface area contributed by atoms with Gasteiger partial charge >= 0.3 is 7.60 Å². The molecule has 1 aromatic heterocycles. The first-order valence-electron chi connectivity index (χ1n) is 7.29. The van der Waals surface area contributed by atoms with E-state index in [-0.39, 0.29) is 18.7 Å². The van der Waals surface area contributed by atoms with Gasteiger partial charge in [0.15, 0.2) is 11.2 Å². The fourth-order valence-corrected chi connectivity index (χ4v) is 3.57. The zero-order valence-corrected chi connectivity index (χ0v) is 14.3. The van der Waals surface area contributed by atoms with Gasteiger partial charge in [-0.05, 0) is 50.2 Å². The summed E-state index contributed by atoms with van der Waals surface area (Å²) in [6.45, 7) is 3.97. The first kappa shape index (κ1) is 17.5. The Bertz CT molecular complexity index is 669. The average molecular weight is 337 g/mol. The minimum Gasteiger partial charge on any atom is -0.497 e. The summed E-state index contributed by atoms with van der Waals surface area (Å²) in [6, 6.07) is 10.4. The van der Waals surface area contributed by atoms with E-state index in [0.29, 0.717) is 17.2 Å². The van der Waals surface area contributed by atoms with E-state index in [1.807, 2.05) is 0 Å². The number of rotatable bonds is 8. The van der Waals surface area contributed by atoms with Crippen molar-refractivity contribution in [1.82, 2.24) is 0 Å². The first-order valence-corrected chi connectivity index (χ1v) is 8.83. The maximum absolute atomic E-state index is 13.1. The fraction of sp³-hybridized carbons (Fsp3) is 0.312. The van der Waals surface area contributed by atoms with E-state index in [1.54, 1.807) is 57.4 Å². The van der Waals surface area contributed by atoms with Crippen LogP contribution in [0.15, 0.2) is 52.1 Å². The quantitative estimate of drug-likeness (QED) is 0.519. The Morgan fingerprint density at radius 2 is 1.78 bits per heavy atom. The van der Waals surface area contributed by atoms with Gasteiger partial charge in [-0.2, -0.15) is 0 Å². The number of ether oxygens (including phenoxy) is 1. The highest BCUT2D eigenvalue weighted by atomic mass is 31.2. The molecule has 0 aliphatic carbocycles. The second-order valence-corrected chi connectivity index (χ2v) is 6.38. The molecular weight excluding hydrogens is 317 g/mol. The Morgan fingerprint density at radius 1 is 1.13 bits per heavy atom. The molecule has 1 heterocycles. The highest BCUT2D eigenvalue weighted by Gasteiger charge is 2.34. The minimum absolute atomic E-state index is 0.149. The van der Waals surface area contributed by atoms with Crippen molar-refractivity contribution in [2.45, 2.75) is 13.8 Å². The third-order valence-electron chi connectivity index (χ3n) is 2.91. The van der Waals surface area contributed by atoms with Crippen molar-refractivity contribution in [2.75, 3.05) is 20.3 Å². The van der Waals surface area contributed by atoms with Gasteiger partial charge < -0.3 is 18.2 Å². The van der Waals surface area contributed by atoms with Gasteiger partial charge in [0, 0.05) is 0 Å². The number of nitrogens with zero attached hydrogens (tertiary/aromatic N) is 1. The summed E-state index contributed by atoms with van der Waals surface area (Å²) in [6.07, 6.45) is 1.49. The molecule has 0 spiro atoms. The van der Waals surface area contributed by atoms with E-state index >= 15 is 0 Å². The highest BCUT2D eigenvalue weighted by molar-refractivity contribution is 7.73. The molecule has 0 saturated carbocycles. The van der Waals surface area contributed by atoms with Crippen LogP contribution in [0.2, 0.25) is 0 Å². The third kappa shape index (κ3) is 4.32. The maximum atomic E-state index is 13.1. The molecule has 0 amide bonds. The molecule has 0 bridgehead atoms. The molecule has 0 N–H and O–H groups in total. The van der Waals surface area contributed by atoms with Gasteiger partial charge in [-0.3, -0.25) is 4.57 Å². The summed E-state index contributed by atoms with van der Waals surface area (Å²) < 4.78 is 34.3. The van der Waals surface area contributed by atoms with Gasteiger partial charge in [0.2, 0.25) is 0 Å². The molecule has 0 unspecified atom stereocenters. The van der Waals surface area contributed by atoms with Crippen LogP contribution in [-0.4, -0.2) is 25.8 Å². The highest BCUT2D eigenvalue weighted by Crippen LogP contribution is 2.52. The number of furan rings is 1. The Morgan fingerprint density at radius 3 is 2.26 bits per heavy atom. The van der Waals surface area contributed by atoms with Crippen molar-refractivity contribution >= 4 is 18.7 Å². The predicted octanol–water partition coefficient (Wildman–Crippen LogP) is 4.63. The third-order valence-corrected chi connectivity index (χ3v) is 4.94. The molecule has 0 radical (unpaired) electrons. The molecule has 7 heteroatoms. The number of benzene rings is 1. The van der Waals surface area contributed by atoms with E-state index in [0.717, 1.165) is 0 Å². The predicted molar refractivity (Wildman–Crippen MR) is 88.8 cm³/mol. The second-order valence-electron chi connectivity index (χ2n) is 4.44. The molecule has 124 valence electrons. The maximum Gasteiger partial charge on any atom is 0.383 e. The molecule has 2 aromatic rings. The Labute approximate surface area is 135 Å². The van der Waals surface area contributed by atoms with Gasteiger partial charge in [0.1, 0.15) is 5.75 Å². The van der Waals surface area contributed by atoms with Crippen molar-refractivity contribution in [2.24, 2.45) is 4.99 Å². The van der Waals surface area contributed by atoms with Crippen molar-refractivity contribution in [3.63, 3.8) is 0 Å². The lowest BCUT2D eigenvalue weighted by Gasteiger charge is -2.17. The van der Waals surface area contributed by atoms with Crippen molar-refractivity contribution in [1.29, 1.82) is 0 Å². The molecule has 0 aliphatic rings. The van der Waals surface area contributed by atoms with Crippen LogP contribution < -0.4 is 4.74 Å². The van der Waals surface area contributed by atoms with E-state index in [2.05, 4.69) is 4.99 Å². The molecule has 23 heavy (non-hydrogen) atoms. The van der Waals surface area contributed by atoms with E-state index < -0.39 is 7.60 Å². The molecule has 0 fully saturated rings. The average Bonchev–Trinajstić information content (AvgIpc) is 3.07. The topological polar surface area (TPSA) is 70.3 Å². The lowest BCUT2D eigenvalue weighted by Crippen LogP contribution is -2.08. The summed E-state index contributed by atoms with van der Waals surface area (Å²) in [5.41, 5.74) is 0.744. The van der Waals surface area contributed by atoms with Crippen LogP contribution in [0.4, 0.5) is 5.69 Å². The Hall–Kier alpha value is -1.88. The van der Waals surface area contributed by atoms with Gasteiger partial charge in [0.25, 0.3) is 0 Å². The first-order chi connectivity index (χ1) is 11.1. The molecule has 0 saturated heterocycles. The zero-order chi connectivity index (χ0) is 16.7. The number of hydrogen-bond acceptors (Lipinski definition) is 6. The number of hydrogen-bond donors (Lipinski definition) is 0. The molecule has 6 nitrogen and oxygen atoms in total. The summed E-state index contributed by atoms with van der Waals surface area (Å²) in [7, 11) is -1.99. The normalized spacial score (nSPS) is 12.4. The van der Waals surface area contributed by atoms with Crippen molar-refractivity contribution < 1.29 is 22.8 Å². The van der Waals surface area contributed by atoms with Crippen LogP contribution in [-0.2, 0) is 13.6 Å². The summed E-state index contributed by atoms with van der Waals surface area (Å²) >= 11 is 0. The zero-order valence-electron chi connectivity index (χ0n) is 13.4. The van der Waals surface area contributed by atoms with Gasteiger partial charge in [-0.15, -0.1) is 0 Å². The Balaban J connectivity index is 2.48.